The van der Waals surface area contributed by atoms with E-state index in [0.29, 0.717) is 6.54 Å². The minimum atomic E-state index is -0.0514. The maximum atomic E-state index is 12.5. The van der Waals surface area contributed by atoms with Gasteiger partial charge < -0.3 is 10.2 Å². The number of hydrogen-bond acceptors (Lipinski definition) is 4. The molecule has 6 nitrogen and oxygen atoms in total. The predicted octanol–water partition coefficient (Wildman–Crippen LogP) is 2.21. The Balaban J connectivity index is 1.45. The van der Waals surface area contributed by atoms with Crippen LogP contribution < -0.4 is 5.32 Å². The van der Waals surface area contributed by atoms with Crippen LogP contribution in [-0.2, 0) is 16.8 Å². The number of likely N-dealkylation sites (tertiary alicyclic amines) is 1. The lowest BCUT2D eigenvalue weighted by Gasteiger charge is -2.41. The second kappa shape index (κ2) is 7.48. The molecule has 4 rings (SSSR count). The van der Waals surface area contributed by atoms with Gasteiger partial charge in [0.15, 0.2) is 0 Å². The van der Waals surface area contributed by atoms with Crippen LogP contribution in [0.4, 0.5) is 0 Å². The van der Waals surface area contributed by atoms with Crippen LogP contribution in [-0.4, -0.2) is 52.5 Å². The van der Waals surface area contributed by atoms with Gasteiger partial charge in [0.05, 0.1) is 0 Å². The van der Waals surface area contributed by atoms with E-state index in [9.17, 15) is 4.79 Å². The van der Waals surface area contributed by atoms with Crippen molar-refractivity contribution in [2.75, 3.05) is 26.7 Å². The van der Waals surface area contributed by atoms with Crippen molar-refractivity contribution < 1.29 is 4.79 Å². The van der Waals surface area contributed by atoms with Crippen LogP contribution in [0.15, 0.2) is 54.6 Å². The maximum absolute atomic E-state index is 12.5. The number of carbonyl (C=O) groups is 1. The smallest absolute Gasteiger partial charge is 0.243 e. The van der Waals surface area contributed by atoms with Crippen LogP contribution in [0.3, 0.4) is 0 Å². The number of nitrogens with one attached hydrogen (secondary N) is 1. The van der Waals surface area contributed by atoms with E-state index in [1.54, 1.807) is 0 Å². The normalized spacial score (nSPS) is 17.1. The highest BCUT2D eigenvalue weighted by Gasteiger charge is 2.35. The summed E-state index contributed by atoms with van der Waals surface area (Å²) in [6.45, 7) is 2.86. The molecule has 1 fully saturated rings. The summed E-state index contributed by atoms with van der Waals surface area (Å²) >= 11 is 0. The fraction of sp³-hybridized carbons (Fsp3) is 0.381. The SMILES string of the molecule is CN1CCC(CNC(=O)Cn2nc3ccccc3n2)(c2ccccc2)CC1. The molecular formula is C21H25N5O. The van der Waals surface area contributed by atoms with Crippen molar-refractivity contribution in [3.8, 4) is 0 Å². The van der Waals surface area contributed by atoms with Crippen molar-refractivity contribution in [2.24, 2.45) is 0 Å². The average molecular weight is 363 g/mol. The van der Waals surface area contributed by atoms with E-state index in [-0.39, 0.29) is 17.9 Å². The van der Waals surface area contributed by atoms with Crippen LogP contribution in [0.2, 0.25) is 0 Å². The molecule has 27 heavy (non-hydrogen) atoms. The molecule has 1 aromatic heterocycles. The first-order valence-corrected chi connectivity index (χ1v) is 9.45. The Hall–Kier alpha value is -2.73. The van der Waals surface area contributed by atoms with Crippen molar-refractivity contribution in [1.29, 1.82) is 0 Å². The molecule has 0 atom stereocenters. The summed E-state index contributed by atoms with van der Waals surface area (Å²) in [7, 11) is 2.15. The number of fused-ring (bicyclic) bond motifs is 1. The summed E-state index contributed by atoms with van der Waals surface area (Å²) < 4.78 is 0. The highest BCUT2D eigenvalue weighted by atomic mass is 16.2. The molecule has 0 radical (unpaired) electrons. The average Bonchev–Trinajstić information content (AvgIpc) is 3.11. The van der Waals surface area contributed by atoms with Crippen LogP contribution in [0.5, 0.6) is 0 Å². The lowest BCUT2D eigenvalue weighted by molar-refractivity contribution is -0.122. The topological polar surface area (TPSA) is 63.1 Å². The molecule has 3 aromatic rings. The van der Waals surface area contributed by atoms with Gasteiger partial charge in [-0.2, -0.15) is 15.0 Å². The second-order valence-corrected chi connectivity index (χ2v) is 7.45. The van der Waals surface area contributed by atoms with Gasteiger partial charge in [-0.25, -0.2) is 0 Å². The zero-order valence-electron chi connectivity index (χ0n) is 15.6. The number of amides is 1. The number of piperidine rings is 1. The van der Waals surface area contributed by atoms with E-state index in [1.807, 2.05) is 30.3 Å². The van der Waals surface area contributed by atoms with Gasteiger partial charge in [0.25, 0.3) is 0 Å². The Morgan fingerprint density at radius 1 is 1.00 bits per heavy atom. The van der Waals surface area contributed by atoms with Crippen molar-refractivity contribution in [3.63, 3.8) is 0 Å². The first-order valence-electron chi connectivity index (χ1n) is 9.45. The van der Waals surface area contributed by atoms with Crippen molar-refractivity contribution in [2.45, 2.75) is 24.8 Å². The molecule has 0 spiro atoms. The van der Waals surface area contributed by atoms with Gasteiger partial charge in [-0.3, -0.25) is 4.79 Å². The number of rotatable bonds is 5. The molecule has 2 aromatic carbocycles. The van der Waals surface area contributed by atoms with Gasteiger partial charge >= 0.3 is 0 Å². The van der Waals surface area contributed by atoms with Crippen LogP contribution in [0, 0.1) is 0 Å². The van der Waals surface area contributed by atoms with Crippen LogP contribution in [0.1, 0.15) is 18.4 Å². The van der Waals surface area contributed by atoms with Crippen molar-refractivity contribution in [1.82, 2.24) is 25.2 Å². The maximum Gasteiger partial charge on any atom is 0.243 e. The third kappa shape index (κ3) is 3.85. The lowest BCUT2D eigenvalue weighted by Crippen LogP contribution is -2.48. The summed E-state index contributed by atoms with van der Waals surface area (Å²) in [5.74, 6) is -0.0514. The number of carbonyl (C=O) groups excluding carboxylic acids is 1. The fourth-order valence-electron chi connectivity index (χ4n) is 3.83. The van der Waals surface area contributed by atoms with E-state index in [0.717, 1.165) is 37.0 Å². The largest absolute Gasteiger partial charge is 0.354 e. The van der Waals surface area contributed by atoms with Gasteiger partial charge in [-0.15, -0.1) is 0 Å². The molecule has 0 aliphatic carbocycles. The molecule has 0 unspecified atom stereocenters. The molecule has 0 bridgehead atoms. The quantitative estimate of drug-likeness (QED) is 0.755. The molecule has 140 valence electrons. The standard InChI is InChI=1S/C21H25N5O/c1-25-13-11-21(12-14-25,17-7-3-2-4-8-17)16-22-20(27)15-26-23-18-9-5-6-10-19(18)24-26/h2-10H,11-16H2,1H3,(H,22,27). The first-order chi connectivity index (χ1) is 13.1. The number of aromatic nitrogens is 3. The van der Waals surface area contributed by atoms with E-state index >= 15 is 0 Å². The molecular weight excluding hydrogens is 338 g/mol. The molecule has 1 aliphatic heterocycles. The summed E-state index contributed by atoms with van der Waals surface area (Å²) in [6.07, 6.45) is 2.08. The van der Waals surface area contributed by atoms with E-state index in [4.69, 9.17) is 0 Å². The third-order valence-corrected chi connectivity index (χ3v) is 5.57. The van der Waals surface area contributed by atoms with Gasteiger partial charge in [0.2, 0.25) is 5.91 Å². The van der Waals surface area contributed by atoms with Gasteiger partial charge in [-0.05, 0) is 50.7 Å². The summed E-state index contributed by atoms with van der Waals surface area (Å²) in [4.78, 5) is 16.4. The lowest BCUT2D eigenvalue weighted by atomic mass is 9.72. The Kier molecular flexibility index (Phi) is 4.90. The van der Waals surface area contributed by atoms with Gasteiger partial charge in [0, 0.05) is 12.0 Å². The molecule has 6 heteroatoms. The highest BCUT2D eigenvalue weighted by molar-refractivity contribution is 5.77. The highest BCUT2D eigenvalue weighted by Crippen LogP contribution is 2.34. The van der Waals surface area contributed by atoms with E-state index in [1.165, 1.54) is 10.4 Å². The predicted molar refractivity (Wildman–Crippen MR) is 105 cm³/mol. The van der Waals surface area contributed by atoms with Gasteiger partial charge in [-0.1, -0.05) is 42.5 Å². The van der Waals surface area contributed by atoms with Crippen molar-refractivity contribution in [3.05, 3.63) is 60.2 Å². The zero-order chi connectivity index (χ0) is 18.7. The minimum absolute atomic E-state index is 0.00825. The fourth-order valence-corrected chi connectivity index (χ4v) is 3.83. The molecule has 1 amide bonds. The van der Waals surface area contributed by atoms with E-state index in [2.05, 4.69) is 51.7 Å². The monoisotopic (exact) mass is 363 g/mol. The molecule has 1 N–H and O–H groups in total. The summed E-state index contributed by atoms with van der Waals surface area (Å²) in [5, 5.41) is 11.9. The Morgan fingerprint density at radius 2 is 1.59 bits per heavy atom. The van der Waals surface area contributed by atoms with E-state index < -0.39 is 0 Å². The zero-order valence-corrected chi connectivity index (χ0v) is 15.6. The first kappa shape index (κ1) is 17.7. The number of benzene rings is 2. The number of nitrogens with zero attached hydrogens (tertiary/aromatic N) is 4. The number of hydrogen-bond donors (Lipinski definition) is 1. The Labute approximate surface area is 159 Å². The molecule has 1 aliphatic rings. The molecule has 0 saturated carbocycles. The molecule has 1 saturated heterocycles. The molecule has 2 heterocycles. The summed E-state index contributed by atoms with van der Waals surface area (Å²) in [6, 6.07) is 18.2. The van der Waals surface area contributed by atoms with Gasteiger partial charge in [0.1, 0.15) is 17.6 Å². The van der Waals surface area contributed by atoms with Crippen LogP contribution >= 0.6 is 0 Å². The Morgan fingerprint density at radius 3 is 2.22 bits per heavy atom. The van der Waals surface area contributed by atoms with Crippen LogP contribution in [0.25, 0.3) is 11.0 Å². The third-order valence-electron chi connectivity index (χ3n) is 5.57. The Bertz CT molecular complexity index is 879. The minimum Gasteiger partial charge on any atom is -0.354 e. The van der Waals surface area contributed by atoms with Crippen molar-refractivity contribution >= 4 is 16.9 Å². The summed E-state index contributed by atoms with van der Waals surface area (Å²) in [5.41, 5.74) is 2.91. The second-order valence-electron chi connectivity index (χ2n) is 7.45.